The zero-order valence-electron chi connectivity index (χ0n) is 14.8. The predicted molar refractivity (Wildman–Crippen MR) is 90.9 cm³/mol. The first-order valence-electron chi connectivity index (χ1n) is 7.92. The molecule has 2 rings (SSSR count). The van der Waals surface area contributed by atoms with Gasteiger partial charge in [-0.3, -0.25) is 9.59 Å². The van der Waals surface area contributed by atoms with Crippen LogP contribution in [0.1, 0.15) is 30.9 Å². The van der Waals surface area contributed by atoms with Crippen LogP contribution in [0.4, 0.5) is 13.2 Å². The van der Waals surface area contributed by atoms with Gasteiger partial charge in [0, 0.05) is 42.6 Å². The Bertz CT molecular complexity index is 772. The molecule has 0 saturated carbocycles. The number of alkyl halides is 3. The number of benzene rings is 1. The third kappa shape index (κ3) is 3.44. The van der Waals surface area contributed by atoms with E-state index in [1.165, 1.54) is 32.3 Å². The smallest absolute Gasteiger partial charge is 0.362 e. The topological polar surface area (TPSA) is 70.2 Å². The van der Waals surface area contributed by atoms with Crippen molar-refractivity contribution in [2.45, 2.75) is 25.9 Å². The van der Waals surface area contributed by atoms with Crippen LogP contribution in [0.15, 0.2) is 46.8 Å². The number of carbonyl (C=O) groups excluding carboxylic acids is 2. The first-order valence-corrected chi connectivity index (χ1v) is 7.92. The van der Waals surface area contributed by atoms with Crippen molar-refractivity contribution in [3.63, 3.8) is 0 Å². The van der Waals surface area contributed by atoms with Crippen molar-refractivity contribution in [2.24, 2.45) is 0 Å². The lowest BCUT2D eigenvalue weighted by molar-refractivity contribution is -0.138. The van der Waals surface area contributed by atoms with E-state index < -0.39 is 29.5 Å². The summed E-state index contributed by atoms with van der Waals surface area (Å²) in [5.74, 6) is -2.24. The molecule has 0 radical (unpaired) electrons. The highest BCUT2D eigenvalue weighted by atomic mass is 19.4. The molecule has 140 valence electrons. The molecule has 0 atom stereocenters. The normalized spacial score (nSPS) is 15.7. The van der Waals surface area contributed by atoms with E-state index in [1.807, 2.05) is 0 Å². The van der Waals surface area contributed by atoms with Gasteiger partial charge in [0.25, 0.3) is 0 Å². The Balaban J connectivity index is 2.83. The molecule has 3 N–H and O–H groups in total. The molecular formula is C18H20F3N3O2. The molecule has 5 nitrogen and oxygen atoms in total. The van der Waals surface area contributed by atoms with Crippen LogP contribution in [-0.4, -0.2) is 25.9 Å². The SMILES string of the molecule is CNC(=O)C1=C(C)NC(C)=C(C(=O)NC)C1c1ccccc1C(F)(F)F. The van der Waals surface area contributed by atoms with Gasteiger partial charge in [0.2, 0.25) is 11.8 Å². The van der Waals surface area contributed by atoms with Gasteiger partial charge in [-0.1, -0.05) is 18.2 Å². The molecule has 1 heterocycles. The quantitative estimate of drug-likeness (QED) is 0.769. The molecule has 1 aliphatic rings. The molecule has 1 aromatic rings. The van der Waals surface area contributed by atoms with Crippen LogP contribution in [0.3, 0.4) is 0 Å². The fraction of sp³-hybridized carbons (Fsp3) is 0.333. The van der Waals surface area contributed by atoms with Crippen molar-refractivity contribution in [3.05, 3.63) is 57.9 Å². The van der Waals surface area contributed by atoms with E-state index >= 15 is 0 Å². The molecule has 1 aliphatic heterocycles. The molecule has 0 bridgehead atoms. The van der Waals surface area contributed by atoms with E-state index in [9.17, 15) is 22.8 Å². The third-order valence-corrected chi connectivity index (χ3v) is 4.28. The van der Waals surface area contributed by atoms with E-state index in [-0.39, 0.29) is 16.7 Å². The fourth-order valence-electron chi connectivity index (χ4n) is 3.18. The van der Waals surface area contributed by atoms with Gasteiger partial charge in [-0.25, -0.2) is 0 Å². The van der Waals surface area contributed by atoms with Gasteiger partial charge >= 0.3 is 6.18 Å². The lowest BCUT2D eigenvalue weighted by atomic mass is 9.78. The number of amides is 2. The second kappa shape index (κ2) is 7.23. The van der Waals surface area contributed by atoms with Crippen molar-refractivity contribution < 1.29 is 22.8 Å². The highest BCUT2D eigenvalue weighted by Gasteiger charge is 2.41. The van der Waals surface area contributed by atoms with Crippen LogP contribution in [0.2, 0.25) is 0 Å². The summed E-state index contributed by atoms with van der Waals surface area (Å²) < 4.78 is 40.7. The minimum absolute atomic E-state index is 0.0772. The Morgan fingerprint density at radius 1 is 0.962 bits per heavy atom. The maximum Gasteiger partial charge on any atom is 0.416 e. The first-order chi connectivity index (χ1) is 12.1. The second-order valence-electron chi connectivity index (χ2n) is 5.88. The number of allylic oxidation sites excluding steroid dienone is 2. The molecule has 0 aliphatic carbocycles. The average molecular weight is 367 g/mol. The molecule has 0 unspecified atom stereocenters. The highest BCUT2D eigenvalue weighted by Crippen LogP contribution is 2.43. The Morgan fingerprint density at radius 3 is 1.85 bits per heavy atom. The zero-order valence-corrected chi connectivity index (χ0v) is 14.8. The number of nitrogens with one attached hydrogen (secondary N) is 3. The summed E-state index contributed by atoms with van der Waals surface area (Å²) in [5.41, 5.74) is -0.0672. The Labute approximate surface area is 149 Å². The van der Waals surface area contributed by atoms with Gasteiger partial charge in [0.15, 0.2) is 0 Å². The summed E-state index contributed by atoms with van der Waals surface area (Å²) in [5, 5.41) is 7.81. The molecule has 0 aromatic heterocycles. The molecule has 8 heteroatoms. The molecular weight excluding hydrogens is 347 g/mol. The average Bonchev–Trinajstić information content (AvgIpc) is 2.59. The van der Waals surface area contributed by atoms with Crippen LogP contribution in [0, 0.1) is 0 Å². The Kier molecular flexibility index (Phi) is 5.44. The second-order valence-corrected chi connectivity index (χ2v) is 5.88. The van der Waals surface area contributed by atoms with E-state index in [0.29, 0.717) is 11.4 Å². The van der Waals surface area contributed by atoms with Gasteiger partial charge in [-0.15, -0.1) is 0 Å². The number of dihydropyridines is 1. The lowest BCUT2D eigenvalue weighted by Gasteiger charge is -2.32. The van der Waals surface area contributed by atoms with Gasteiger partial charge in [0.1, 0.15) is 0 Å². The fourth-order valence-corrected chi connectivity index (χ4v) is 3.18. The van der Waals surface area contributed by atoms with Crippen LogP contribution in [0.5, 0.6) is 0 Å². The number of likely N-dealkylation sites (N-methyl/N-ethyl adjacent to an activating group) is 2. The minimum Gasteiger partial charge on any atom is -0.362 e. The zero-order chi connectivity index (χ0) is 19.6. The summed E-state index contributed by atoms with van der Waals surface area (Å²) in [6.45, 7) is 3.19. The van der Waals surface area contributed by atoms with Gasteiger partial charge in [-0.2, -0.15) is 13.2 Å². The molecule has 0 spiro atoms. The van der Waals surface area contributed by atoms with Gasteiger partial charge in [-0.05, 0) is 25.5 Å². The van der Waals surface area contributed by atoms with Crippen molar-refractivity contribution in [1.82, 2.24) is 16.0 Å². The standard InChI is InChI=1S/C18H20F3N3O2/c1-9-13(16(25)22-3)15(14(10(2)24-9)17(26)23-4)11-7-5-6-8-12(11)18(19,20)21/h5-8,15,24H,1-4H3,(H,22,25)(H,23,26). The summed E-state index contributed by atoms with van der Waals surface area (Å²) in [7, 11) is 2.78. The number of hydrogen-bond donors (Lipinski definition) is 3. The maximum absolute atomic E-state index is 13.6. The number of carbonyl (C=O) groups is 2. The van der Waals surface area contributed by atoms with E-state index in [0.717, 1.165) is 6.07 Å². The molecule has 1 aromatic carbocycles. The number of rotatable bonds is 3. The van der Waals surface area contributed by atoms with Crippen LogP contribution in [0.25, 0.3) is 0 Å². The van der Waals surface area contributed by atoms with Crippen molar-refractivity contribution in [1.29, 1.82) is 0 Å². The van der Waals surface area contributed by atoms with Crippen molar-refractivity contribution >= 4 is 11.8 Å². The minimum atomic E-state index is -4.62. The van der Waals surface area contributed by atoms with E-state index in [1.54, 1.807) is 13.8 Å². The first kappa shape index (κ1) is 19.6. The Hall–Kier alpha value is -2.77. The maximum atomic E-state index is 13.6. The van der Waals surface area contributed by atoms with E-state index in [4.69, 9.17) is 0 Å². The molecule has 0 fully saturated rings. The van der Waals surface area contributed by atoms with E-state index in [2.05, 4.69) is 16.0 Å². The molecule has 2 amide bonds. The summed E-state index contributed by atoms with van der Waals surface area (Å²) in [4.78, 5) is 24.9. The largest absolute Gasteiger partial charge is 0.416 e. The van der Waals surface area contributed by atoms with Crippen molar-refractivity contribution in [2.75, 3.05) is 14.1 Å². The van der Waals surface area contributed by atoms with Crippen molar-refractivity contribution in [3.8, 4) is 0 Å². The summed E-state index contributed by atoms with van der Waals surface area (Å²) in [6.07, 6.45) is -4.62. The molecule has 0 saturated heterocycles. The summed E-state index contributed by atoms with van der Waals surface area (Å²) in [6, 6.07) is 4.98. The monoisotopic (exact) mass is 367 g/mol. The predicted octanol–water partition coefficient (Wildman–Crippen LogP) is 2.43. The van der Waals surface area contributed by atoms with Gasteiger partial charge in [0.05, 0.1) is 5.56 Å². The third-order valence-electron chi connectivity index (χ3n) is 4.28. The van der Waals surface area contributed by atoms with Crippen LogP contribution in [-0.2, 0) is 15.8 Å². The summed E-state index contributed by atoms with van der Waals surface area (Å²) >= 11 is 0. The van der Waals surface area contributed by atoms with Crippen LogP contribution >= 0.6 is 0 Å². The lowest BCUT2D eigenvalue weighted by Crippen LogP contribution is -2.38. The van der Waals surface area contributed by atoms with Crippen LogP contribution < -0.4 is 16.0 Å². The Morgan fingerprint density at radius 2 is 1.42 bits per heavy atom. The highest BCUT2D eigenvalue weighted by molar-refractivity contribution is 6.03. The van der Waals surface area contributed by atoms with Gasteiger partial charge < -0.3 is 16.0 Å². The number of hydrogen-bond acceptors (Lipinski definition) is 3. The molecule has 26 heavy (non-hydrogen) atoms. The number of halogens is 3.